The highest BCUT2D eigenvalue weighted by molar-refractivity contribution is 9.10. The predicted molar refractivity (Wildman–Crippen MR) is 80.1 cm³/mol. The first kappa shape index (κ1) is 18.2. The summed E-state index contributed by atoms with van der Waals surface area (Å²) in [5.41, 5.74) is 0. The molecule has 1 fully saturated rings. The number of nitrogens with zero attached hydrogens (tertiary/aromatic N) is 1. The van der Waals surface area contributed by atoms with Crippen LogP contribution >= 0.6 is 15.9 Å². The van der Waals surface area contributed by atoms with Crippen LogP contribution in [0.1, 0.15) is 12.8 Å². The number of sulfonamides is 1. The van der Waals surface area contributed by atoms with Gasteiger partial charge in [0, 0.05) is 11.0 Å². The van der Waals surface area contributed by atoms with Crippen molar-refractivity contribution in [1.82, 2.24) is 9.62 Å². The van der Waals surface area contributed by atoms with Crippen LogP contribution in [-0.4, -0.2) is 43.9 Å². The van der Waals surface area contributed by atoms with E-state index in [2.05, 4.69) is 15.9 Å². The van der Waals surface area contributed by atoms with Gasteiger partial charge in [0.25, 0.3) is 0 Å². The fraction of sp³-hybridized carbons (Fsp3) is 0.462. The van der Waals surface area contributed by atoms with Crippen molar-refractivity contribution in [3.63, 3.8) is 0 Å². The number of amides is 1. The second kappa shape index (κ2) is 6.78. The van der Waals surface area contributed by atoms with E-state index in [1.807, 2.05) is 0 Å². The monoisotopic (exact) mass is 414 g/mol. The summed E-state index contributed by atoms with van der Waals surface area (Å²) < 4.78 is 63.2. The van der Waals surface area contributed by atoms with Gasteiger partial charge in [0.15, 0.2) is 0 Å². The molecule has 0 saturated carbocycles. The molecule has 0 radical (unpaired) electrons. The van der Waals surface area contributed by atoms with Gasteiger partial charge >= 0.3 is 6.18 Å². The Balaban J connectivity index is 2.21. The van der Waals surface area contributed by atoms with Crippen molar-refractivity contribution in [3.05, 3.63) is 28.7 Å². The van der Waals surface area contributed by atoms with Crippen molar-refractivity contribution in [1.29, 1.82) is 0 Å². The number of halogens is 4. The first-order valence-corrected chi connectivity index (χ1v) is 8.97. The van der Waals surface area contributed by atoms with Gasteiger partial charge in [-0.25, -0.2) is 8.42 Å². The second-order valence-corrected chi connectivity index (χ2v) is 7.75. The van der Waals surface area contributed by atoms with Gasteiger partial charge in [-0.1, -0.05) is 12.1 Å². The zero-order valence-corrected chi connectivity index (χ0v) is 14.2. The van der Waals surface area contributed by atoms with E-state index in [0.717, 1.165) is 4.31 Å². The molecular formula is C13H14BrF3N2O3S. The summed E-state index contributed by atoms with van der Waals surface area (Å²) in [6.07, 6.45) is -3.94. The number of alkyl halides is 3. The third-order valence-electron chi connectivity index (χ3n) is 3.39. The van der Waals surface area contributed by atoms with Crippen LogP contribution in [0.25, 0.3) is 0 Å². The number of carbonyl (C=O) groups is 1. The normalized spacial score (nSPS) is 19.7. The summed E-state index contributed by atoms with van der Waals surface area (Å²) in [5, 5.41) is 1.75. The lowest BCUT2D eigenvalue weighted by molar-refractivity contribution is -0.140. The van der Waals surface area contributed by atoms with E-state index < -0.39 is 34.7 Å². The van der Waals surface area contributed by atoms with Crippen LogP contribution in [0.4, 0.5) is 13.2 Å². The lowest BCUT2D eigenvalue weighted by Gasteiger charge is -2.24. The maximum Gasteiger partial charge on any atom is 0.405 e. The number of carbonyl (C=O) groups excluding carboxylic acids is 1. The van der Waals surface area contributed by atoms with E-state index in [1.165, 1.54) is 12.1 Å². The van der Waals surface area contributed by atoms with E-state index in [0.29, 0.717) is 10.9 Å². The molecule has 1 aliphatic rings. The van der Waals surface area contributed by atoms with Crippen molar-refractivity contribution in [3.8, 4) is 0 Å². The van der Waals surface area contributed by atoms with Gasteiger partial charge in [-0.15, -0.1) is 0 Å². The minimum Gasteiger partial charge on any atom is -0.346 e. The average Bonchev–Trinajstić information content (AvgIpc) is 2.94. The Hall–Kier alpha value is -1.13. The van der Waals surface area contributed by atoms with Crippen LogP contribution in [0.15, 0.2) is 33.6 Å². The molecule has 1 saturated heterocycles. The molecular weight excluding hydrogens is 401 g/mol. The Kier molecular flexibility index (Phi) is 5.37. The van der Waals surface area contributed by atoms with Crippen molar-refractivity contribution in [2.75, 3.05) is 13.1 Å². The van der Waals surface area contributed by atoms with E-state index in [-0.39, 0.29) is 17.9 Å². The second-order valence-electron chi connectivity index (χ2n) is 5.04. The minimum atomic E-state index is -4.54. The summed E-state index contributed by atoms with van der Waals surface area (Å²) >= 11 is 3.14. The molecule has 0 aromatic heterocycles. The van der Waals surface area contributed by atoms with Crippen molar-refractivity contribution in [2.45, 2.75) is 30.0 Å². The molecule has 23 heavy (non-hydrogen) atoms. The lowest BCUT2D eigenvalue weighted by atomic mass is 10.2. The maximum absolute atomic E-state index is 12.7. The Labute approximate surface area is 140 Å². The molecule has 1 N–H and O–H groups in total. The predicted octanol–water partition coefficient (Wildman–Crippen LogP) is 2.28. The minimum absolute atomic E-state index is 0.0180. The molecule has 1 atom stereocenters. The zero-order valence-electron chi connectivity index (χ0n) is 11.8. The third kappa shape index (κ3) is 4.24. The Bertz CT molecular complexity index is 694. The Morgan fingerprint density at radius 3 is 2.61 bits per heavy atom. The molecule has 1 aromatic rings. The Morgan fingerprint density at radius 1 is 1.35 bits per heavy atom. The van der Waals surface area contributed by atoms with E-state index in [1.54, 1.807) is 17.4 Å². The molecule has 1 amide bonds. The van der Waals surface area contributed by atoms with E-state index >= 15 is 0 Å². The fourth-order valence-corrected chi connectivity index (χ4v) is 5.00. The highest BCUT2D eigenvalue weighted by Crippen LogP contribution is 2.30. The van der Waals surface area contributed by atoms with Crippen molar-refractivity contribution >= 4 is 31.9 Å². The smallest absolute Gasteiger partial charge is 0.346 e. The summed E-state index contributed by atoms with van der Waals surface area (Å²) in [4.78, 5) is 11.9. The number of nitrogens with one attached hydrogen (secondary N) is 1. The molecule has 5 nitrogen and oxygen atoms in total. The summed E-state index contributed by atoms with van der Waals surface area (Å²) in [7, 11) is -3.97. The number of benzene rings is 1. The molecule has 1 aromatic carbocycles. The van der Waals surface area contributed by atoms with Crippen LogP contribution in [0.5, 0.6) is 0 Å². The molecule has 0 aliphatic carbocycles. The number of hydrogen-bond acceptors (Lipinski definition) is 3. The molecule has 1 aliphatic heterocycles. The third-order valence-corrected chi connectivity index (χ3v) is 6.31. The highest BCUT2D eigenvalue weighted by Gasteiger charge is 2.41. The topological polar surface area (TPSA) is 66.5 Å². The SMILES string of the molecule is O=C(NCC(F)(F)F)[C@H]1CCCN1S(=O)(=O)c1ccccc1Br. The van der Waals surface area contributed by atoms with Crippen LogP contribution in [0.2, 0.25) is 0 Å². The standard InChI is InChI=1S/C13H14BrF3N2O3S/c14-9-4-1-2-6-11(9)23(21,22)19-7-3-5-10(19)12(20)18-8-13(15,16)17/h1-2,4,6,10H,3,5,7-8H2,(H,18,20)/t10-/m1/s1. The van der Waals surface area contributed by atoms with Gasteiger partial charge in [0.05, 0.1) is 4.90 Å². The number of hydrogen-bond donors (Lipinski definition) is 1. The summed E-state index contributed by atoms with van der Waals surface area (Å²) in [6, 6.07) is 4.96. The highest BCUT2D eigenvalue weighted by atomic mass is 79.9. The first-order valence-electron chi connectivity index (χ1n) is 6.74. The van der Waals surface area contributed by atoms with Crippen LogP contribution in [-0.2, 0) is 14.8 Å². The van der Waals surface area contributed by atoms with Crippen molar-refractivity contribution < 1.29 is 26.4 Å². The Morgan fingerprint density at radius 2 is 2.00 bits per heavy atom. The van der Waals surface area contributed by atoms with E-state index in [4.69, 9.17) is 0 Å². The largest absolute Gasteiger partial charge is 0.405 e. The first-order chi connectivity index (χ1) is 10.6. The van der Waals surface area contributed by atoms with Gasteiger partial charge in [-0.3, -0.25) is 4.79 Å². The van der Waals surface area contributed by atoms with Gasteiger partial charge < -0.3 is 5.32 Å². The summed E-state index contributed by atoms with van der Waals surface area (Å²) in [5.74, 6) is -0.935. The molecule has 128 valence electrons. The molecule has 2 rings (SSSR count). The van der Waals surface area contributed by atoms with Gasteiger partial charge in [-0.2, -0.15) is 17.5 Å². The van der Waals surface area contributed by atoms with Gasteiger partial charge in [-0.05, 0) is 40.9 Å². The van der Waals surface area contributed by atoms with Crippen LogP contribution < -0.4 is 5.32 Å². The van der Waals surface area contributed by atoms with Crippen LogP contribution in [0.3, 0.4) is 0 Å². The molecule has 1 heterocycles. The molecule has 10 heteroatoms. The molecule has 0 spiro atoms. The fourth-order valence-electron chi connectivity index (χ4n) is 2.38. The van der Waals surface area contributed by atoms with E-state index in [9.17, 15) is 26.4 Å². The van der Waals surface area contributed by atoms with Crippen LogP contribution in [0, 0.1) is 0 Å². The van der Waals surface area contributed by atoms with Crippen molar-refractivity contribution in [2.24, 2.45) is 0 Å². The van der Waals surface area contributed by atoms with Gasteiger partial charge in [0.2, 0.25) is 15.9 Å². The van der Waals surface area contributed by atoms with Gasteiger partial charge in [0.1, 0.15) is 12.6 Å². The quantitative estimate of drug-likeness (QED) is 0.821. The lowest BCUT2D eigenvalue weighted by Crippen LogP contribution is -2.47. The maximum atomic E-state index is 12.7. The molecule has 0 unspecified atom stereocenters. The number of rotatable bonds is 4. The molecule has 0 bridgehead atoms. The summed E-state index contributed by atoms with van der Waals surface area (Å²) in [6.45, 7) is -1.39. The zero-order chi connectivity index (χ0) is 17.3. The average molecular weight is 415 g/mol.